The van der Waals surface area contributed by atoms with Crippen LogP contribution < -0.4 is 0 Å². The highest BCUT2D eigenvalue weighted by Crippen LogP contribution is 2.18. The number of hydrogen-bond donors (Lipinski definition) is 0. The smallest absolute Gasteiger partial charge is 0.309 e. The molecule has 0 heterocycles. The zero-order chi connectivity index (χ0) is 11.5. The van der Waals surface area contributed by atoms with Crippen LogP contribution in [0.15, 0.2) is 0 Å². The van der Waals surface area contributed by atoms with Crippen LogP contribution in [0.3, 0.4) is 0 Å². The molecule has 0 fully saturated rings. The third-order valence-corrected chi connectivity index (χ3v) is 2.79. The number of rotatable bonds is 9. The fraction of sp³-hybridized carbons (Fsp3) is 0.846. The third-order valence-electron chi connectivity index (χ3n) is 2.79. The predicted octanol–water partition coefficient (Wildman–Crippen LogP) is 4.10. The van der Waals surface area contributed by atoms with Crippen LogP contribution in [0.4, 0.5) is 0 Å². The van der Waals surface area contributed by atoms with Crippen molar-refractivity contribution in [2.75, 3.05) is 0 Å². The monoisotopic (exact) mass is 213 g/mol. The van der Waals surface area contributed by atoms with Crippen LogP contribution in [0.5, 0.6) is 0 Å². The Balaban J connectivity index is 3.74. The maximum absolute atomic E-state index is 11.4. The van der Waals surface area contributed by atoms with E-state index in [0.717, 1.165) is 32.1 Å². The highest BCUT2D eigenvalue weighted by Gasteiger charge is 2.17. The van der Waals surface area contributed by atoms with Crippen molar-refractivity contribution in [2.45, 2.75) is 65.2 Å². The van der Waals surface area contributed by atoms with Crippen molar-refractivity contribution in [3.05, 3.63) is 7.11 Å². The van der Waals surface area contributed by atoms with E-state index >= 15 is 0 Å². The van der Waals surface area contributed by atoms with E-state index in [1.165, 1.54) is 19.3 Å². The summed E-state index contributed by atoms with van der Waals surface area (Å²) in [6.07, 6.45) is 9.02. The summed E-state index contributed by atoms with van der Waals surface area (Å²) in [6.45, 7) is 4.34. The molecule has 0 aromatic rings. The molecule has 0 aliphatic rings. The summed E-state index contributed by atoms with van der Waals surface area (Å²) in [5.74, 6) is -0.0424. The zero-order valence-electron chi connectivity index (χ0n) is 10.3. The van der Waals surface area contributed by atoms with Crippen molar-refractivity contribution in [3.8, 4) is 0 Å². The van der Waals surface area contributed by atoms with Crippen molar-refractivity contribution in [3.63, 3.8) is 0 Å². The zero-order valence-corrected chi connectivity index (χ0v) is 10.3. The number of carbonyl (C=O) groups is 1. The van der Waals surface area contributed by atoms with E-state index in [1.807, 2.05) is 0 Å². The summed E-state index contributed by atoms with van der Waals surface area (Å²) in [4.78, 5) is 11.4. The Morgan fingerprint density at radius 2 is 1.67 bits per heavy atom. The van der Waals surface area contributed by atoms with E-state index in [9.17, 15) is 4.79 Å². The quantitative estimate of drug-likeness (QED) is 0.426. The summed E-state index contributed by atoms with van der Waals surface area (Å²) >= 11 is 0. The molecule has 0 spiro atoms. The maximum Gasteiger partial charge on any atom is 0.309 e. The van der Waals surface area contributed by atoms with Crippen molar-refractivity contribution < 1.29 is 9.53 Å². The average Bonchev–Trinajstić information content (AvgIpc) is 2.27. The summed E-state index contributed by atoms with van der Waals surface area (Å²) < 4.78 is 4.58. The molecule has 0 aromatic heterocycles. The van der Waals surface area contributed by atoms with Crippen molar-refractivity contribution in [1.82, 2.24) is 0 Å². The van der Waals surface area contributed by atoms with Gasteiger partial charge in [0.15, 0.2) is 0 Å². The second kappa shape index (κ2) is 10.0. The largest absolute Gasteiger partial charge is 0.462 e. The molecule has 89 valence electrons. The molecule has 0 bridgehead atoms. The van der Waals surface area contributed by atoms with Gasteiger partial charge in [0.05, 0.1) is 5.92 Å². The van der Waals surface area contributed by atoms with E-state index in [2.05, 4.69) is 25.7 Å². The van der Waals surface area contributed by atoms with E-state index in [1.54, 1.807) is 0 Å². The molecule has 1 atom stereocenters. The average molecular weight is 213 g/mol. The van der Waals surface area contributed by atoms with Gasteiger partial charge in [0, 0.05) is 0 Å². The standard InChI is InChI=1S/C13H25O2/c1-4-6-8-9-11-12(10-7-5-2)13(14)15-3/h12H,3-11H2,1-2H3. The lowest BCUT2D eigenvalue weighted by atomic mass is 9.95. The molecule has 15 heavy (non-hydrogen) atoms. The molecule has 0 saturated carbocycles. The Morgan fingerprint density at radius 3 is 2.20 bits per heavy atom. The van der Waals surface area contributed by atoms with Crippen LogP contribution in [-0.2, 0) is 9.53 Å². The Hall–Kier alpha value is -0.530. The van der Waals surface area contributed by atoms with Gasteiger partial charge in [0.1, 0.15) is 7.11 Å². The third kappa shape index (κ3) is 7.40. The minimum Gasteiger partial charge on any atom is -0.462 e. The van der Waals surface area contributed by atoms with Crippen LogP contribution in [0.25, 0.3) is 0 Å². The first-order valence-electron chi connectivity index (χ1n) is 6.22. The van der Waals surface area contributed by atoms with Crippen LogP contribution >= 0.6 is 0 Å². The Morgan fingerprint density at radius 1 is 1.07 bits per heavy atom. The summed E-state index contributed by atoms with van der Waals surface area (Å²) in [6, 6.07) is 0. The van der Waals surface area contributed by atoms with Crippen molar-refractivity contribution in [2.24, 2.45) is 5.92 Å². The van der Waals surface area contributed by atoms with Gasteiger partial charge in [-0.2, -0.15) is 0 Å². The lowest BCUT2D eigenvalue weighted by Gasteiger charge is -2.13. The van der Waals surface area contributed by atoms with Gasteiger partial charge in [-0.1, -0.05) is 52.4 Å². The van der Waals surface area contributed by atoms with Crippen molar-refractivity contribution in [1.29, 1.82) is 0 Å². The first kappa shape index (κ1) is 14.5. The van der Waals surface area contributed by atoms with Gasteiger partial charge >= 0.3 is 5.97 Å². The highest BCUT2D eigenvalue weighted by molar-refractivity contribution is 5.72. The summed E-state index contributed by atoms with van der Waals surface area (Å²) in [5, 5.41) is 0. The molecule has 2 nitrogen and oxygen atoms in total. The molecule has 0 rings (SSSR count). The second-order valence-electron chi connectivity index (χ2n) is 4.15. The van der Waals surface area contributed by atoms with Crippen LogP contribution in [0, 0.1) is 13.0 Å². The van der Waals surface area contributed by atoms with Gasteiger partial charge in [0.2, 0.25) is 0 Å². The fourth-order valence-corrected chi connectivity index (χ4v) is 1.77. The molecular weight excluding hydrogens is 188 g/mol. The topological polar surface area (TPSA) is 26.3 Å². The van der Waals surface area contributed by atoms with Gasteiger partial charge in [-0.15, -0.1) is 0 Å². The minimum absolute atomic E-state index is 0.0827. The fourth-order valence-electron chi connectivity index (χ4n) is 1.77. The Labute approximate surface area is 94.4 Å². The van der Waals surface area contributed by atoms with E-state index in [-0.39, 0.29) is 11.9 Å². The maximum atomic E-state index is 11.4. The number of ether oxygens (including phenoxy) is 1. The molecule has 0 saturated heterocycles. The predicted molar refractivity (Wildman–Crippen MR) is 63.2 cm³/mol. The number of unbranched alkanes of at least 4 members (excludes halogenated alkanes) is 4. The van der Waals surface area contributed by atoms with Crippen LogP contribution in [0.2, 0.25) is 0 Å². The van der Waals surface area contributed by atoms with E-state index < -0.39 is 0 Å². The molecule has 0 aliphatic heterocycles. The van der Waals surface area contributed by atoms with Crippen molar-refractivity contribution >= 4 is 5.97 Å². The molecule has 1 unspecified atom stereocenters. The van der Waals surface area contributed by atoms with Gasteiger partial charge in [-0.3, -0.25) is 4.79 Å². The summed E-state index contributed by atoms with van der Waals surface area (Å²) in [7, 11) is 3.21. The van der Waals surface area contributed by atoms with Gasteiger partial charge < -0.3 is 4.74 Å². The first-order valence-corrected chi connectivity index (χ1v) is 6.22. The molecule has 0 aliphatic carbocycles. The van der Waals surface area contributed by atoms with Crippen LogP contribution in [-0.4, -0.2) is 5.97 Å². The number of hydrogen-bond acceptors (Lipinski definition) is 2. The minimum atomic E-state index is -0.125. The SMILES string of the molecule is [CH2]OC(=O)C(CCCC)CCCCCC. The van der Waals surface area contributed by atoms with Gasteiger partial charge in [-0.25, -0.2) is 0 Å². The highest BCUT2D eigenvalue weighted by atomic mass is 16.5. The lowest BCUT2D eigenvalue weighted by molar-refractivity contribution is -0.143. The second-order valence-corrected chi connectivity index (χ2v) is 4.15. The molecule has 0 N–H and O–H groups in total. The molecular formula is C13H25O2. The first-order chi connectivity index (χ1) is 7.26. The molecule has 1 radical (unpaired) electrons. The molecule has 0 aromatic carbocycles. The summed E-state index contributed by atoms with van der Waals surface area (Å²) in [5.41, 5.74) is 0. The van der Waals surface area contributed by atoms with E-state index in [0.29, 0.717) is 0 Å². The number of carbonyl (C=O) groups excluding carboxylic acids is 1. The van der Waals surface area contributed by atoms with Crippen LogP contribution in [0.1, 0.15) is 65.2 Å². The Kier molecular flexibility index (Phi) is 9.65. The molecule has 2 heteroatoms. The van der Waals surface area contributed by atoms with Gasteiger partial charge in [-0.05, 0) is 12.8 Å². The normalized spacial score (nSPS) is 12.5. The van der Waals surface area contributed by atoms with E-state index in [4.69, 9.17) is 0 Å². The molecule has 0 amide bonds. The number of esters is 1. The van der Waals surface area contributed by atoms with Gasteiger partial charge in [0.25, 0.3) is 0 Å². The Bertz CT molecular complexity index is 155. The lowest BCUT2D eigenvalue weighted by Crippen LogP contribution is -2.15.